The zero-order chi connectivity index (χ0) is 18.9. The number of hydrogen-bond donors (Lipinski definition) is 1. The van der Waals surface area contributed by atoms with Gasteiger partial charge in [0.25, 0.3) is 0 Å². The monoisotopic (exact) mass is 365 g/mol. The number of benzene rings is 2. The molecule has 2 aliphatic rings. The van der Waals surface area contributed by atoms with E-state index in [9.17, 15) is 4.79 Å². The van der Waals surface area contributed by atoms with Gasteiger partial charge in [-0.25, -0.2) is 4.39 Å². The van der Waals surface area contributed by atoms with Gasteiger partial charge >= 0.3 is 0 Å². The van der Waals surface area contributed by atoms with Crippen LogP contribution >= 0.6 is 0 Å². The first-order chi connectivity index (χ1) is 12.9. The molecule has 0 saturated carbocycles. The highest BCUT2D eigenvalue weighted by Gasteiger charge is 2.31. The van der Waals surface area contributed by atoms with Gasteiger partial charge in [-0.05, 0) is 37.5 Å². The van der Waals surface area contributed by atoms with E-state index < -0.39 is 5.82 Å². The maximum Gasteiger partial charge on any atom is 0.192 e. The molecule has 3 aromatic rings. The molecule has 5 rings (SSSR count). The van der Waals surface area contributed by atoms with E-state index in [2.05, 4.69) is 6.92 Å². The van der Waals surface area contributed by atoms with E-state index in [0.29, 0.717) is 45.3 Å². The number of fused-ring (bicyclic) bond motifs is 2. The van der Waals surface area contributed by atoms with Crippen LogP contribution < -0.4 is 20.8 Å². The molecule has 0 spiro atoms. The number of halogens is 1. The first-order valence-corrected chi connectivity index (χ1v) is 9.15. The highest BCUT2D eigenvalue weighted by atomic mass is 19.1. The Labute approximate surface area is 155 Å². The van der Waals surface area contributed by atoms with Crippen molar-refractivity contribution in [1.82, 2.24) is 4.57 Å². The van der Waals surface area contributed by atoms with Gasteiger partial charge in [0.1, 0.15) is 11.2 Å². The third kappa shape index (κ3) is 2.25. The lowest BCUT2D eigenvalue weighted by Crippen LogP contribution is -2.23. The summed E-state index contributed by atoms with van der Waals surface area (Å²) in [5.74, 6) is 1.02. The second-order valence-electron chi connectivity index (χ2n) is 7.61. The van der Waals surface area contributed by atoms with Crippen LogP contribution in [0.25, 0.3) is 16.6 Å². The van der Waals surface area contributed by atoms with E-state index in [-0.39, 0.29) is 5.43 Å². The molecule has 138 valence electrons. The number of aromatic nitrogens is 1. The standard InChI is InChI=1S/C21H20FN3O2/c1-11-5-6-24(9-11)19-15(22)8-14-18-21(19)27-17-7-13(23)3-4-16(17)25(18)10-12(2)20(14)26/h3-4,7-8,10-11H,5-6,9,23H2,1-2H3. The summed E-state index contributed by atoms with van der Waals surface area (Å²) in [5.41, 5.74) is 8.71. The summed E-state index contributed by atoms with van der Waals surface area (Å²) in [6.45, 7) is 5.42. The Kier molecular flexibility index (Phi) is 3.29. The molecule has 2 N–H and O–H groups in total. The fourth-order valence-electron chi connectivity index (χ4n) is 4.19. The summed E-state index contributed by atoms with van der Waals surface area (Å²) >= 11 is 0. The van der Waals surface area contributed by atoms with Gasteiger partial charge in [-0.2, -0.15) is 0 Å². The Morgan fingerprint density at radius 1 is 1.30 bits per heavy atom. The van der Waals surface area contributed by atoms with Gasteiger partial charge in [0.2, 0.25) is 0 Å². The summed E-state index contributed by atoms with van der Waals surface area (Å²) < 4.78 is 23.3. The van der Waals surface area contributed by atoms with Crippen LogP contribution in [0.15, 0.2) is 35.3 Å². The molecule has 5 nitrogen and oxygen atoms in total. The summed E-state index contributed by atoms with van der Waals surface area (Å²) in [4.78, 5) is 14.7. The molecule has 0 aliphatic carbocycles. The molecule has 6 heteroatoms. The van der Waals surface area contributed by atoms with Crippen molar-refractivity contribution in [3.05, 3.63) is 52.1 Å². The van der Waals surface area contributed by atoms with Crippen LogP contribution in [0.5, 0.6) is 11.5 Å². The van der Waals surface area contributed by atoms with E-state index >= 15 is 4.39 Å². The number of nitrogens with two attached hydrogens (primary N) is 1. The molecule has 2 aromatic carbocycles. The van der Waals surface area contributed by atoms with E-state index in [1.165, 1.54) is 6.07 Å². The minimum Gasteiger partial charge on any atom is -0.451 e. The number of ether oxygens (including phenoxy) is 1. The number of nitrogens with zero attached hydrogens (tertiary/aromatic N) is 2. The van der Waals surface area contributed by atoms with Crippen molar-refractivity contribution in [1.29, 1.82) is 0 Å². The van der Waals surface area contributed by atoms with E-state index in [4.69, 9.17) is 10.5 Å². The lowest BCUT2D eigenvalue weighted by Gasteiger charge is -2.29. The Balaban J connectivity index is 1.90. The maximum atomic E-state index is 15.2. The summed E-state index contributed by atoms with van der Waals surface area (Å²) in [6.07, 6.45) is 2.79. The molecular formula is C21H20FN3O2. The fourth-order valence-corrected chi connectivity index (χ4v) is 4.19. The smallest absolute Gasteiger partial charge is 0.192 e. The third-order valence-corrected chi connectivity index (χ3v) is 5.54. The quantitative estimate of drug-likeness (QED) is 0.519. The maximum absolute atomic E-state index is 15.2. The van der Waals surface area contributed by atoms with Crippen molar-refractivity contribution in [3.8, 4) is 17.2 Å². The average Bonchev–Trinajstić information content (AvgIpc) is 3.04. The van der Waals surface area contributed by atoms with Crippen LogP contribution in [0.4, 0.5) is 15.8 Å². The molecule has 1 saturated heterocycles. The van der Waals surface area contributed by atoms with Crippen molar-refractivity contribution in [2.24, 2.45) is 5.92 Å². The van der Waals surface area contributed by atoms with Crippen molar-refractivity contribution in [2.45, 2.75) is 20.3 Å². The van der Waals surface area contributed by atoms with Crippen molar-refractivity contribution in [3.63, 3.8) is 0 Å². The van der Waals surface area contributed by atoms with Gasteiger partial charge in [-0.15, -0.1) is 0 Å². The van der Waals surface area contributed by atoms with Crippen LogP contribution in [0, 0.1) is 18.7 Å². The highest BCUT2D eigenvalue weighted by molar-refractivity contribution is 5.95. The molecule has 3 heterocycles. The number of anilines is 2. The van der Waals surface area contributed by atoms with E-state index in [1.807, 2.05) is 15.5 Å². The summed E-state index contributed by atoms with van der Waals surface area (Å²) in [6, 6.07) is 6.74. The van der Waals surface area contributed by atoms with Crippen molar-refractivity contribution in [2.75, 3.05) is 23.7 Å². The lowest BCUT2D eigenvalue weighted by molar-refractivity contribution is 0.469. The lowest BCUT2D eigenvalue weighted by atomic mass is 10.1. The molecule has 0 bridgehead atoms. The van der Waals surface area contributed by atoms with E-state index in [1.54, 1.807) is 25.3 Å². The number of aryl methyl sites for hydroxylation is 1. The summed E-state index contributed by atoms with van der Waals surface area (Å²) in [5, 5.41) is 0.334. The molecule has 1 atom stereocenters. The Morgan fingerprint density at radius 3 is 2.85 bits per heavy atom. The predicted molar refractivity (Wildman–Crippen MR) is 105 cm³/mol. The highest BCUT2D eigenvalue weighted by Crippen LogP contribution is 2.47. The molecule has 2 aliphatic heterocycles. The molecule has 0 radical (unpaired) electrons. The van der Waals surface area contributed by atoms with Crippen LogP contribution in [0.3, 0.4) is 0 Å². The van der Waals surface area contributed by atoms with Crippen molar-refractivity contribution >= 4 is 22.3 Å². The number of nitrogen functional groups attached to an aromatic ring is 1. The summed E-state index contributed by atoms with van der Waals surface area (Å²) in [7, 11) is 0. The van der Waals surface area contributed by atoms with Gasteiger partial charge in [0, 0.05) is 36.6 Å². The van der Waals surface area contributed by atoms with Crippen LogP contribution in [0.2, 0.25) is 0 Å². The minimum absolute atomic E-state index is 0.176. The first-order valence-electron chi connectivity index (χ1n) is 9.15. The van der Waals surface area contributed by atoms with Crippen molar-refractivity contribution < 1.29 is 9.13 Å². The van der Waals surface area contributed by atoms with Gasteiger partial charge in [-0.1, -0.05) is 6.92 Å². The molecule has 1 aromatic heterocycles. The second kappa shape index (κ2) is 5.49. The SMILES string of the molecule is Cc1cn2c3c(c(N4CCC(C)C4)c(F)cc3c1=O)Oc1cc(N)ccc1-2. The predicted octanol–water partition coefficient (Wildman–Crippen LogP) is 3.97. The van der Waals surface area contributed by atoms with Crippen LogP contribution in [0.1, 0.15) is 18.9 Å². The molecule has 0 amide bonds. The van der Waals surface area contributed by atoms with Crippen LogP contribution in [-0.4, -0.2) is 17.7 Å². The topological polar surface area (TPSA) is 60.5 Å². The Hall–Kier alpha value is -3.02. The zero-order valence-electron chi connectivity index (χ0n) is 15.3. The number of pyridine rings is 1. The van der Waals surface area contributed by atoms with E-state index in [0.717, 1.165) is 25.2 Å². The second-order valence-corrected chi connectivity index (χ2v) is 7.61. The molecule has 1 fully saturated rings. The van der Waals surface area contributed by atoms with Gasteiger partial charge < -0.3 is 19.9 Å². The third-order valence-electron chi connectivity index (χ3n) is 5.54. The Morgan fingerprint density at radius 2 is 2.11 bits per heavy atom. The van der Waals surface area contributed by atoms with Gasteiger partial charge in [0.05, 0.1) is 11.1 Å². The van der Waals surface area contributed by atoms with Crippen LogP contribution in [-0.2, 0) is 0 Å². The number of hydrogen-bond acceptors (Lipinski definition) is 4. The molecular weight excluding hydrogens is 345 g/mol. The molecule has 1 unspecified atom stereocenters. The number of rotatable bonds is 1. The molecule has 27 heavy (non-hydrogen) atoms. The Bertz CT molecular complexity index is 1170. The van der Waals surface area contributed by atoms with Gasteiger partial charge in [-0.3, -0.25) is 4.79 Å². The minimum atomic E-state index is -0.423. The normalized spacial score (nSPS) is 17.9. The average molecular weight is 365 g/mol. The first kappa shape index (κ1) is 16.2. The largest absolute Gasteiger partial charge is 0.451 e. The fraction of sp³-hybridized carbons (Fsp3) is 0.286. The van der Waals surface area contributed by atoms with Gasteiger partial charge in [0.15, 0.2) is 22.7 Å². The zero-order valence-corrected chi connectivity index (χ0v) is 15.3.